The predicted octanol–water partition coefficient (Wildman–Crippen LogP) is 3.32. The highest BCUT2D eigenvalue weighted by Gasteiger charge is 2.45. The third-order valence-corrected chi connectivity index (χ3v) is 8.28. The van der Waals surface area contributed by atoms with E-state index in [0.29, 0.717) is 55.6 Å². The van der Waals surface area contributed by atoms with Crippen molar-refractivity contribution in [3.63, 3.8) is 0 Å². The normalized spacial score (nSPS) is 21.4. The molecule has 49 heavy (non-hydrogen) atoms. The maximum atomic E-state index is 12.5. The van der Waals surface area contributed by atoms with Crippen molar-refractivity contribution < 1.29 is 64.2 Å². The minimum atomic E-state index is -1.65. The van der Waals surface area contributed by atoms with Gasteiger partial charge in [-0.1, -0.05) is 24.6 Å². The van der Waals surface area contributed by atoms with Crippen molar-refractivity contribution in [1.29, 1.82) is 0 Å². The lowest BCUT2D eigenvalue weighted by Gasteiger charge is -2.41. The van der Waals surface area contributed by atoms with Crippen molar-refractivity contribution in [2.24, 2.45) is 0 Å². The molecule has 0 spiro atoms. The van der Waals surface area contributed by atoms with Gasteiger partial charge in [0.15, 0.2) is 40.8 Å². The molecule has 6 atom stereocenters. The molecule has 4 rings (SSSR count). The van der Waals surface area contributed by atoms with Gasteiger partial charge in [-0.3, -0.25) is 0 Å². The van der Waals surface area contributed by atoms with E-state index in [4.69, 9.17) is 23.7 Å². The van der Waals surface area contributed by atoms with E-state index < -0.39 is 49.4 Å². The summed E-state index contributed by atoms with van der Waals surface area (Å²) in [5.74, 6) is -0.630. The summed E-state index contributed by atoms with van der Waals surface area (Å²) in [6.07, 6.45) is -1.89. The van der Waals surface area contributed by atoms with Crippen LogP contribution in [0.3, 0.4) is 0 Å². The molecule has 0 radical (unpaired) electrons. The van der Waals surface area contributed by atoms with Gasteiger partial charge in [-0.05, 0) is 91.3 Å². The van der Waals surface area contributed by atoms with E-state index in [1.807, 2.05) is 0 Å². The Morgan fingerprint density at radius 3 is 2.04 bits per heavy atom. The molecule has 13 nitrogen and oxygen atoms in total. The molecular weight excluding hydrogens is 640 g/mol. The first-order valence-corrected chi connectivity index (χ1v) is 15.9. The molecule has 3 aromatic carbocycles. The van der Waals surface area contributed by atoms with Crippen LogP contribution in [0.4, 0.5) is 0 Å². The molecule has 0 amide bonds. The van der Waals surface area contributed by atoms with Gasteiger partial charge < -0.3 is 59.4 Å². The van der Waals surface area contributed by atoms with Crippen LogP contribution in [0.15, 0.2) is 60.7 Å². The SMILES string of the molecule is COc1ccc(/C=C/C(=O)OC[C@H]2O[C@@H](OC(CCCCc3ccc(O)c(O)c3)CCc3ccc(O)c(O)c3)[C@H](O)[C@@H](O)[C@@H]2O)cc1OC. The Labute approximate surface area is 284 Å². The molecule has 1 aliphatic heterocycles. The Balaban J connectivity index is 1.37. The van der Waals surface area contributed by atoms with Crippen LogP contribution >= 0.6 is 0 Å². The van der Waals surface area contributed by atoms with E-state index in [-0.39, 0.29) is 23.0 Å². The fraction of sp³-hybridized carbons (Fsp3) is 0.417. The van der Waals surface area contributed by atoms with Crippen molar-refractivity contribution in [1.82, 2.24) is 0 Å². The summed E-state index contributed by atoms with van der Waals surface area (Å²) in [6.45, 7) is -0.434. The quantitative estimate of drug-likeness (QED) is 0.0501. The third-order valence-electron chi connectivity index (χ3n) is 8.28. The van der Waals surface area contributed by atoms with Crippen LogP contribution < -0.4 is 9.47 Å². The van der Waals surface area contributed by atoms with Gasteiger partial charge in [0.1, 0.15) is 31.0 Å². The average molecular weight is 685 g/mol. The van der Waals surface area contributed by atoms with E-state index in [1.165, 1.54) is 50.6 Å². The van der Waals surface area contributed by atoms with E-state index in [1.54, 1.807) is 30.3 Å². The number of ether oxygens (including phenoxy) is 5. The molecule has 1 saturated heterocycles. The molecule has 1 aliphatic rings. The lowest BCUT2D eigenvalue weighted by Crippen LogP contribution is -2.60. The second-order valence-electron chi connectivity index (χ2n) is 11.8. The van der Waals surface area contributed by atoms with Gasteiger partial charge in [-0.25, -0.2) is 4.79 Å². The summed E-state index contributed by atoms with van der Waals surface area (Å²) in [5, 5.41) is 70.9. The summed E-state index contributed by atoms with van der Waals surface area (Å²) in [4.78, 5) is 12.5. The Morgan fingerprint density at radius 2 is 1.41 bits per heavy atom. The van der Waals surface area contributed by atoms with Crippen LogP contribution in [-0.2, 0) is 31.8 Å². The molecule has 13 heteroatoms. The maximum absolute atomic E-state index is 12.5. The van der Waals surface area contributed by atoms with Crippen molar-refractivity contribution in [3.8, 4) is 34.5 Å². The number of benzene rings is 3. The topological polar surface area (TPSA) is 205 Å². The first-order chi connectivity index (χ1) is 23.5. The highest BCUT2D eigenvalue weighted by atomic mass is 16.7. The molecule has 0 aliphatic carbocycles. The largest absolute Gasteiger partial charge is 0.504 e. The van der Waals surface area contributed by atoms with Crippen molar-refractivity contribution in [2.45, 2.75) is 75.3 Å². The highest BCUT2D eigenvalue weighted by Crippen LogP contribution is 2.30. The van der Waals surface area contributed by atoms with Crippen molar-refractivity contribution in [2.75, 3.05) is 20.8 Å². The Morgan fingerprint density at radius 1 is 0.755 bits per heavy atom. The van der Waals surface area contributed by atoms with Crippen LogP contribution in [0.5, 0.6) is 34.5 Å². The highest BCUT2D eigenvalue weighted by molar-refractivity contribution is 5.87. The third kappa shape index (κ3) is 10.5. The number of aliphatic hydroxyl groups is 3. The number of phenolic OH excluding ortho intramolecular Hbond substituents is 4. The number of esters is 1. The molecule has 0 aromatic heterocycles. The number of carbonyl (C=O) groups is 1. The average Bonchev–Trinajstić information content (AvgIpc) is 3.10. The smallest absolute Gasteiger partial charge is 0.330 e. The monoisotopic (exact) mass is 684 g/mol. The standard InChI is InChI=1S/C36H44O13/c1-45-29-15-10-23(19-30(29)46-2)11-16-32(41)47-20-31-33(42)34(43)35(44)36(49-31)48-24(12-7-22-9-14-26(38)28(40)18-22)6-4-3-5-21-8-13-25(37)27(39)17-21/h8-11,13-19,24,31,33-40,42-44H,3-7,12,20H2,1-2H3/b16-11+/t24?,31-,33-,34+,35-,36-/m1/s1. The summed E-state index contributed by atoms with van der Waals surface area (Å²) in [5.41, 5.74) is 2.21. The zero-order valence-electron chi connectivity index (χ0n) is 27.3. The van der Waals surface area contributed by atoms with Crippen molar-refractivity contribution in [3.05, 3.63) is 77.4 Å². The van der Waals surface area contributed by atoms with E-state index in [9.17, 15) is 40.5 Å². The number of unbranched alkanes of at least 4 members (excludes halogenated alkanes) is 1. The van der Waals surface area contributed by atoms with Gasteiger partial charge in [0, 0.05) is 6.08 Å². The minimum absolute atomic E-state index is 0.199. The summed E-state index contributed by atoms with van der Waals surface area (Å²) in [6, 6.07) is 14.2. The molecule has 1 heterocycles. The number of hydrogen-bond acceptors (Lipinski definition) is 13. The van der Waals surface area contributed by atoms with Crippen LogP contribution in [0.25, 0.3) is 6.08 Å². The Kier molecular flexibility index (Phi) is 13.5. The maximum Gasteiger partial charge on any atom is 0.330 e. The van der Waals surface area contributed by atoms with E-state index in [0.717, 1.165) is 11.1 Å². The van der Waals surface area contributed by atoms with Gasteiger partial charge in [0.25, 0.3) is 0 Å². The number of methoxy groups -OCH3 is 2. The number of aryl methyl sites for hydroxylation is 2. The molecular formula is C36H44O13. The minimum Gasteiger partial charge on any atom is -0.504 e. The Hall–Kier alpha value is -4.53. The fourth-order valence-electron chi connectivity index (χ4n) is 5.45. The second-order valence-corrected chi connectivity index (χ2v) is 11.8. The van der Waals surface area contributed by atoms with Gasteiger partial charge in [0.2, 0.25) is 0 Å². The van der Waals surface area contributed by atoms with Crippen LogP contribution in [-0.4, -0.2) is 99.4 Å². The van der Waals surface area contributed by atoms with Crippen LogP contribution in [0, 0.1) is 0 Å². The molecule has 1 fully saturated rings. The van der Waals surface area contributed by atoms with Crippen LogP contribution in [0.2, 0.25) is 0 Å². The van der Waals surface area contributed by atoms with Gasteiger partial charge in [-0.2, -0.15) is 0 Å². The summed E-state index contributed by atoms with van der Waals surface area (Å²) >= 11 is 0. The van der Waals surface area contributed by atoms with E-state index >= 15 is 0 Å². The predicted molar refractivity (Wildman–Crippen MR) is 177 cm³/mol. The molecule has 1 unspecified atom stereocenters. The molecule has 0 bridgehead atoms. The zero-order chi connectivity index (χ0) is 35.5. The first-order valence-electron chi connectivity index (χ1n) is 15.9. The fourth-order valence-corrected chi connectivity index (χ4v) is 5.45. The Bertz CT molecular complexity index is 1560. The molecule has 7 N–H and O–H groups in total. The van der Waals surface area contributed by atoms with Gasteiger partial charge in [0.05, 0.1) is 20.3 Å². The lowest BCUT2D eigenvalue weighted by molar-refractivity contribution is -0.312. The van der Waals surface area contributed by atoms with Gasteiger partial charge in [-0.15, -0.1) is 0 Å². The van der Waals surface area contributed by atoms with E-state index in [2.05, 4.69) is 0 Å². The lowest BCUT2D eigenvalue weighted by atomic mass is 9.98. The molecule has 3 aromatic rings. The molecule has 266 valence electrons. The molecule has 0 saturated carbocycles. The number of aromatic hydroxyl groups is 4. The number of phenols is 4. The summed E-state index contributed by atoms with van der Waals surface area (Å²) in [7, 11) is 3.01. The zero-order valence-corrected chi connectivity index (χ0v) is 27.3. The first kappa shape index (κ1) is 37.3. The number of rotatable bonds is 16. The number of hydrogen-bond donors (Lipinski definition) is 7. The number of aliphatic hydroxyl groups excluding tert-OH is 3. The number of carbonyl (C=O) groups excluding carboxylic acids is 1. The van der Waals surface area contributed by atoms with Crippen LogP contribution in [0.1, 0.15) is 42.4 Å². The second kappa shape index (κ2) is 17.7. The van der Waals surface area contributed by atoms with Gasteiger partial charge >= 0.3 is 5.97 Å². The van der Waals surface area contributed by atoms with Crippen molar-refractivity contribution >= 4 is 12.0 Å². The summed E-state index contributed by atoms with van der Waals surface area (Å²) < 4.78 is 27.8.